The quantitative estimate of drug-likeness (QED) is 0.372. The Kier molecular flexibility index (Phi) is 6.98. The molecule has 0 fully saturated rings. The number of aromatic nitrogens is 1. The van der Waals surface area contributed by atoms with Gasteiger partial charge in [-0.25, -0.2) is 0 Å². The molecule has 0 spiro atoms. The zero-order chi connectivity index (χ0) is 23.9. The molecule has 2 aromatic carbocycles. The number of hydrogen-bond acceptors (Lipinski definition) is 5. The lowest BCUT2D eigenvalue weighted by molar-refractivity contribution is -0.130. The van der Waals surface area contributed by atoms with Crippen molar-refractivity contribution >= 4 is 17.8 Å². The molecule has 1 amide bonds. The highest BCUT2D eigenvalue weighted by molar-refractivity contribution is 6.14. The maximum atomic E-state index is 13.3. The molecule has 1 aromatic heterocycles. The van der Waals surface area contributed by atoms with Gasteiger partial charge in [0.15, 0.2) is 11.5 Å². The van der Waals surface area contributed by atoms with Crippen molar-refractivity contribution in [2.45, 2.75) is 12.6 Å². The van der Waals surface area contributed by atoms with Gasteiger partial charge in [-0.1, -0.05) is 67.3 Å². The van der Waals surface area contributed by atoms with Gasteiger partial charge in [0.2, 0.25) is 0 Å². The lowest BCUT2D eigenvalue weighted by Gasteiger charge is -2.27. The fraction of sp³-hybridized carbons (Fsp3) is 0.107. The number of amides is 1. The maximum Gasteiger partial charge on any atom is 0.290 e. The number of pyridine rings is 1. The third-order valence-corrected chi connectivity index (χ3v) is 5.41. The number of ether oxygens (including phenoxy) is 1. The molecule has 1 aliphatic heterocycles. The van der Waals surface area contributed by atoms with E-state index >= 15 is 0 Å². The molecule has 6 heteroatoms. The number of aliphatic hydroxyl groups is 1. The summed E-state index contributed by atoms with van der Waals surface area (Å²) in [4.78, 5) is 32.0. The van der Waals surface area contributed by atoms with Gasteiger partial charge in [0, 0.05) is 18.9 Å². The summed E-state index contributed by atoms with van der Waals surface area (Å²) >= 11 is 0. The smallest absolute Gasteiger partial charge is 0.290 e. The summed E-state index contributed by atoms with van der Waals surface area (Å²) in [6.07, 6.45) is 7.98. The summed E-state index contributed by atoms with van der Waals surface area (Å²) in [5.74, 6) is -1.02. The van der Waals surface area contributed by atoms with Gasteiger partial charge in [0.25, 0.3) is 5.91 Å². The highest BCUT2D eigenvalue weighted by Crippen LogP contribution is 2.40. The highest BCUT2D eigenvalue weighted by atomic mass is 16.5. The molecule has 0 radical (unpaired) electrons. The van der Waals surface area contributed by atoms with E-state index < -0.39 is 23.5 Å². The van der Waals surface area contributed by atoms with Gasteiger partial charge in [-0.15, -0.1) is 0 Å². The van der Waals surface area contributed by atoms with Crippen molar-refractivity contribution in [2.75, 3.05) is 6.61 Å². The van der Waals surface area contributed by atoms with Gasteiger partial charge in [-0.2, -0.15) is 0 Å². The molecule has 1 aliphatic rings. The summed E-state index contributed by atoms with van der Waals surface area (Å²) in [5.41, 5.74) is 2.30. The molecule has 0 saturated heterocycles. The molecule has 1 N–H and O–H groups in total. The molecule has 0 aliphatic carbocycles. The van der Waals surface area contributed by atoms with Gasteiger partial charge >= 0.3 is 0 Å². The Labute approximate surface area is 198 Å². The molecule has 3 aromatic rings. The van der Waals surface area contributed by atoms with Crippen molar-refractivity contribution in [3.63, 3.8) is 0 Å². The number of rotatable bonds is 9. The molecule has 1 atom stereocenters. The summed E-state index contributed by atoms with van der Waals surface area (Å²) in [7, 11) is 0. The fourth-order valence-electron chi connectivity index (χ4n) is 3.86. The van der Waals surface area contributed by atoms with Crippen LogP contribution in [0.15, 0.2) is 109 Å². The van der Waals surface area contributed by atoms with Crippen LogP contribution in [-0.4, -0.2) is 33.3 Å². The van der Waals surface area contributed by atoms with Gasteiger partial charge < -0.3 is 14.7 Å². The van der Waals surface area contributed by atoms with E-state index in [0.29, 0.717) is 17.9 Å². The minimum absolute atomic E-state index is 0.0296. The van der Waals surface area contributed by atoms with Gasteiger partial charge in [0.05, 0.1) is 11.6 Å². The van der Waals surface area contributed by atoms with Gasteiger partial charge in [-0.05, 0) is 41.0 Å². The first-order valence-corrected chi connectivity index (χ1v) is 10.8. The molecule has 2 heterocycles. The van der Waals surface area contributed by atoms with E-state index in [0.717, 1.165) is 11.1 Å². The summed E-state index contributed by atoms with van der Waals surface area (Å²) in [6, 6.07) is 19.3. The van der Waals surface area contributed by atoms with Gasteiger partial charge in [-0.3, -0.25) is 14.6 Å². The van der Waals surface area contributed by atoms with Crippen LogP contribution in [0.3, 0.4) is 0 Å². The normalized spacial score (nSPS) is 15.7. The SMILES string of the molecule is C=CCOc1cccc(C2C(C(=O)/C=C/c3ccccc3)=C(O)C(=O)N2Cc2cccnc2)c1. The van der Waals surface area contributed by atoms with Crippen molar-refractivity contribution in [1.29, 1.82) is 0 Å². The summed E-state index contributed by atoms with van der Waals surface area (Å²) in [5, 5.41) is 10.8. The van der Waals surface area contributed by atoms with Crippen LogP contribution in [0.25, 0.3) is 6.08 Å². The number of nitrogens with zero attached hydrogens (tertiary/aromatic N) is 2. The van der Waals surface area contributed by atoms with Crippen LogP contribution in [0.1, 0.15) is 22.7 Å². The van der Waals surface area contributed by atoms with E-state index in [1.165, 1.54) is 11.0 Å². The Hall–Kier alpha value is -4.45. The standard InChI is InChI=1S/C28H24N2O4/c1-2-16-34-23-12-6-11-22(17-23)26-25(24(31)14-13-20-8-4-3-5-9-20)27(32)28(33)30(26)19-21-10-7-15-29-18-21/h2-15,17-18,26,32H,1,16,19H2/b14-13+. The largest absolute Gasteiger partial charge is 0.503 e. The third kappa shape index (κ3) is 4.96. The van der Waals surface area contributed by atoms with Crippen molar-refractivity contribution in [3.8, 4) is 5.75 Å². The first kappa shape index (κ1) is 22.7. The van der Waals surface area contributed by atoms with E-state index in [1.807, 2.05) is 42.5 Å². The molecule has 170 valence electrons. The number of carbonyl (C=O) groups excluding carboxylic acids is 2. The predicted octanol–water partition coefficient (Wildman–Crippen LogP) is 4.82. The topological polar surface area (TPSA) is 79.7 Å². The predicted molar refractivity (Wildman–Crippen MR) is 130 cm³/mol. The van der Waals surface area contributed by atoms with Crippen LogP contribution in [0.5, 0.6) is 5.75 Å². The molecular weight excluding hydrogens is 428 g/mol. The molecule has 6 nitrogen and oxygen atoms in total. The minimum Gasteiger partial charge on any atom is -0.503 e. The number of hydrogen-bond donors (Lipinski definition) is 1. The van der Waals surface area contributed by atoms with E-state index in [2.05, 4.69) is 11.6 Å². The monoisotopic (exact) mass is 452 g/mol. The number of carbonyl (C=O) groups is 2. The lowest BCUT2D eigenvalue weighted by atomic mass is 9.95. The molecule has 4 rings (SSSR count). The molecule has 34 heavy (non-hydrogen) atoms. The average molecular weight is 453 g/mol. The van der Waals surface area contributed by atoms with Crippen molar-refractivity contribution < 1.29 is 19.4 Å². The van der Waals surface area contributed by atoms with E-state index in [-0.39, 0.29) is 12.1 Å². The van der Waals surface area contributed by atoms with E-state index in [1.54, 1.807) is 48.8 Å². The van der Waals surface area contributed by atoms with E-state index in [9.17, 15) is 14.7 Å². The maximum absolute atomic E-state index is 13.3. The van der Waals surface area contributed by atoms with Crippen molar-refractivity contribution in [1.82, 2.24) is 9.88 Å². The van der Waals surface area contributed by atoms with Crippen molar-refractivity contribution in [2.24, 2.45) is 0 Å². The fourth-order valence-corrected chi connectivity index (χ4v) is 3.86. The van der Waals surface area contributed by atoms with Gasteiger partial charge in [0.1, 0.15) is 12.4 Å². The number of aliphatic hydroxyl groups excluding tert-OH is 1. The first-order valence-electron chi connectivity index (χ1n) is 10.8. The number of allylic oxidation sites excluding steroid dienone is 1. The highest BCUT2D eigenvalue weighted by Gasteiger charge is 2.43. The molecule has 1 unspecified atom stereocenters. The first-order chi connectivity index (χ1) is 16.6. The second-order valence-electron chi connectivity index (χ2n) is 7.74. The zero-order valence-electron chi connectivity index (χ0n) is 18.5. The Bertz CT molecular complexity index is 1250. The lowest BCUT2D eigenvalue weighted by Crippen LogP contribution is -2.30. The van der Waals surface area contributed by atoms with Crippen LogP contribution in [-0.2, 0) is 16.1 Å². The Balaban J connectivity index is 1.73. The molecule has 0 saturated carbocycles. The Morgan fingerprint density at radius 2 is 1.94 bits per heavy atom. The van der Waals surface area contributed by atoms with Crippen LogP contribution in [0, 0.1) is 0 Å². The van der Waals surface area contributed by atoms with Crippen molar-refractivity contribution in [3.05, 3.63) is 126 Å². The average Bonchev–Trinajstić information content (AvgIpc) is 3.12. The van der Waals surface area contributed by atoms with Crippen LogP contribution < -0.4 is 4.74 Å². The summed E-state index contributed by atoms with van der Waals surface area (Å²) in [6.45, 7) is 4.16. The third-order valence-electron chi connectivity index (χ3n) is 5.41. The van der Waals surface area contributed by atoms with Crippen LogP contribution in [0.2, 0.25) is 0 Å². The van der Waals surface area contributed by atoms with Crippen LogP contribution in [0.4, 0.5) is 0 Å². The minimum atomic E-state index is -0.784. The Morgan fingerprint density at radius 1 is 1.12 bits per heavy atom. The summed E-state index contributed by atoms with van der Waals surface area (Å²) < 4.78 is 5.65. The zero-order valence-corrected chi connectivity index (χ0v) is 18.5. The molecule has 0 bridgehead atoms. The Morgan fingerprint density at radius 3 is 2.68 bits per heavy atom. The number of benzene rings is 2. The second-order valence-corrected chi connectivity index (χ2v) is 7.74. The molecular formula is C28H24N2O4. The number of ketones is 1. The van der Waals surface area contributed by atoms with E-state index in [4.69, 9.17) is 4.74 Å². The second kappa shape index (κ2) is 10.4. The van der Waals surface area contributed by atoms with Crippen LogP contribution >= 0.6 is 0 Å².